The lowest BCUT2D eigenvalue weighted by molar-refractivity contribution is -0.125. The Kier molecular flexibility index (Phi) is 4.78. The Morgan fingerprint density at radius 3 is 2.88 bits per heavy atom. The van der Waals surface area contributed by atoms with E-state index in [1.807, 2.05) is 38.1 Å². The number of nitrogens with zero attached hydrogens (tertiary/aromatic N) is 3. The summed E-state index contributed by atoms with van der Waals surface area (Å²) in [6.07, 6.45) is 0. The molecule has 0 spiro atoms. The van der Waals surface area contributed by atoms with Crippen LogP contribution in [0.15, 0.2) is 24.3 Å². The fourth-order valence-electron chi connectivity index (χ4n) is 2.93. The van der Waals surface area contributed by atoms with Crippen LogP contribution in [-0.4, -0.2) is 47.2 Å². The summed E-state index contributed by atoms with van der Waals surface area (Å²) < 4.78 is 5.25. The lowest BCUT2D eigenvalue weighted by Crippen LogP contribution is -2.55. The molecular weight excluding hydrogens is 328 g/mol. The number of benzene rings is 1. The normalized spacial score (nSPS) is 18.9. The Bertz CT molecular complexity index is 746. The van der Waals surface area contributed by atoms with Gasteiger partial charge >= 0.3 is 0 Å². The van der Waals surface area contributed by atoms with Crippen molar-refractivity contribution in [1.82, 2.24) is 15.1 Å². The van der Waals surface area contributed by atoms with E-state index in [-0.39, 0.29) is 11.9 Å². The van der Waals surface area contributed by atoms with E-state index in [1.54, 1.807) is 12.0 Å². The maximum Gasteiger partial charge on any atom is 0.244 e. The predicted octanol–water partition coefficient (Wildman–Crippen LogP) is 2.62. The summed E-state index contributed by atoms with van der Waals surface area (Å²) in [6.45, 7) is 5.74. The number of anilines is 1. The SMILES string of the molecule is COc1cccc(N2CCN(Cc3n[nH]c(C)c3Cl)C(C)C2=O)c1. The number of aromatic amines is 1. The Hall–Kier alpha value is -2.05. The Morgan fingerprint density at radius 1 is 1.42 bits per heavy atom. The van der Waals surface area contributed by atoms with Crippen molar-refractivity contribution in [2.45, 2.75) is 26.4 Å². The van der Waals surface area contributed by atoms with Crippen LogP contribution < -0.4 is 9.64 Å². The monoisotopic (exact) mass is 348 g/mol. The minimum Gasteiger partial charge on any atom is -0.497 e. The molecule has 128 valence electrons. The summed E-state index contributed by atoms with van der Waals surface area (Å²) in [7, 11) is 1.62. The molecule has 2 heterocycles. The average molecular weight is 349 g/mol. The average Bonchev–Trinajstić information content (AvgIpc) is 2.91. The van der Waals surface area contributed by atoms with Gasteiger partial charge < -0.3 is 9.64 Å². The van der Waals surface area contributed by atoms with Gasteiger partial charge in [-0.25, -0.2) is 0 Å². The van der Waals surface area contributed by atoms with Gasteiger partial charge in [0, 0.05) is 31.4 Å². The smallest absolute Gasteiger partial charge is 0.244 e. The summed E-state index contributed by atoms with van der Waals surface area (Å²) in [4.78, 5) is 16.7. The first-order chi connectivity index (χ1) is 11.5. The van der Waals surface area contributed by atoms with E-state index in [1.165, 1.54) is 0 Å². The molecule has 6 nitrogen and oxygen atoms in total. The summed E-state index contributed by atoms with van der Waals surface area (Å²) in [5.41, 5.74) is 2.49. The van der Waals surface area contributed by atoms with E-state index in [0.29, 0.717) is 18.1 Å². The largest absolute Gasteiger partial charge is 0.497 e. The van der Waals surface area contributed by atoms with Crippen LogP contribution in [0.5, 0.6) is 5.75 Å². The highest BCUT2D eigenvalue weighted by molar-refractivity contribution is 6.31. The number of carbonyl (C=O) groups is 1. The molecule has 1 saturated heterocycles. The molecule has 24 heavy (non-hydrogen) atoms. The lowest BCUT2D eigenvalue weighted by atomic mass is 10.1. The van der Waals surface area contributed by atoms with Crippen LogP contribution in [-0.2, 0) is 11.3 Å². The van der Waals surface area contributed by atoms with Crippen molar-refractivity contribution in [3.05, 3.63) is 40.7 Å². The molecule has 0 radical (unpaired) electrons. The third-order valence-corrected chi connectivity index (χ3v) is 4.94. The third-order valence-electron chi connectivity index (χ3n) is 4.44. The van der Waals surface area contributed by atoms with E-state index in [2.05, 4.69) is 15.1 Å². The van der Waals surface area contributed by atoms with Gasteiger partial charge in [0.1, 0.15) is 5.75 Å². The number of ether oxygens (including phenoxy) is 1. The first-order valence-corrected chi connectivity index (χ1v) is 8.28. The van der Waals surface area contributed by atoms with Crippen LogP contribution in [0.3, 0.4) is 0 Å². The first-order valence-electron chi connectivity index (χ1n) is 7.90. The zero-order chi connectivity index (χ0) is 17.3. The minimum atomic E-state index is -0.238. The van der Waals surface area contributed by atoms with Crippen molar-refractivity contribution < 1.29 is 9.53 Å². The van der Waals surface area contributed by atoms with Crippen molar-refractivity contribution in [2.75, 3.05) is 25.1 Å². The van der Waals surface area contributed by atoms with Gasteiger partial charge in [-0.15, -0.1) is 0 Å². The molecule has 1 fully saturated rings. The summed E-state index contributed by atoms with van der Waals surface area (Å²) in [5.74, 6) is 0.812. The molecule has 2 aromatic rings. The molecule has 1 amide bonds. The lowest BCUT2D eigenvalue weighted by Gasteiger charge is -2.38. The van der Waals surface area contributed by atoms with Crippen molar-refractivity contribution >= 4 is 23.2 Å². The molecule has 1 atom stereocenters. The summed E-state index contributed by atoms with van der Waals surface area (Å²) in [6, 6.07) is 7.34. The Morgan fingerprint density at radius 2 is 2.21 bits per heavy atom. The molecule has 0 bridgehead atoms. The van der Waals surface area contributed by atoms with Crippen LogP contribution in [0.2, 0.25) is 5.02 Å². The molecule has 3 rings (SSSR count). The van der Waals surface area contributed by atoms with Crippen molar-refractivity contribution in [3.8, 4) is 5.75 Å². The summed E-state index contributed by atoms with van der Waals surface area (Å²) >= 11 is 6.24. The van der Waals surface area contributed by atoms with Crippen molar-refractivity contribution in [2.24, 2.45) is 0 Å². The number of carbonyl (C=O) groups excluding carboxylic acids is 1. The quantitative estimate of drug-likeness (QED) is 0.922. The van der Waals surface area contributed by atoms with Gasteiger partial charge in [0.15, 0.2) is 0 Å². The van der Waals surface area contributed by atoms with E-state index in [4.69, 9.17) is 16.3 Å². The van der Waals surface area contributed by atoms with Crippen LogP contribution in [0.25, 0.3) is 0 Å². The second kappa shape index (κ2) is 6.83. The summed E-state index contributed by atoms with van der Waals surface area (Å²) in [5, 5.41) is 7.75. The molecule has 1 N–H and O–H groups in total. The maximum atomic E-state index is 12.8. The van der Waals surface area contributed by atoms with E-state index in [9.17, 15) is 4.79 Å². The number of rotatable bonds is 4. The van der Waals surface area contributed by atoms with Crippen LogP contribution in [0.4, 0.5) is 5.69 Å². The second-order valence-electron chi connectivity index (χ2n) is 5.95. The molecule has 0 aliphatic carbocycles. The van der Waals surface area contributed by atoms with Gasteiger partial charge in [-0.2, -0.15) is 5.10 Å². The zero-order valence-corrected chi connectivity index (χ0v) is 14.8. The molecule has 0 saturated carbocycles. The topological polar surface area (TPSA) is 61.5 Å². The van der Waals surface area contributed by atoms with Crippen molar-refractivity contribution in [1.29, 1.82) is 0 Å². The number of aryl methyl sites for hydroxylation is 1. The fourth-order valence-corrected chi connectivity index (χ4v) is 3.07. The van der Waals surface area contributed by atoms with Gasteiger partial charge in [-0.05, 0) is 26.0 Å². The highest BCUT2D eigenvalue weighted by Crippen LogP contribution is 2.26. The molecular formula is C17H21ClN4O2. The highest BCUT2D eigenvalue weighted by atomic mass is 35.5. The molecule has 1 unspecified atom stereocenters. The van der Waals surface area contributed by atoms with E-state index in [0.717, 1.165) is 29.4 Å². The molecule has 1 aromatic heterocycles. The van der Waals surface area contributed by atoms with Crippen LogP contribution in [0.1, 0.15) is 18.3 Å². The molecule has 1 aromatic carbocycles. The second-order valence-corrected chi connectivity index (χ2v) is 6.33. The first kappa shape index (κ1) is 16.8. The van der Waals surface area contributed by atoms with E-state index >= 15 is 0 Å². The Balaban J connectivity index is 1.74. The number of hydrogen-bond acceptors (Lipinski definition) is 4. The highest BCUT2D eigenvalue weighted by Gasteiger charge is 2.33. The number of methoxy groups -OCH3 is 1. The van der Waals surface area contributed by atoms with Gasteiger partial charge in [-0.3, -0.25) is 14.8 Å². The number of halogens is 1. The molecule has 1 aliphatic rings. The predicted molar refractivity (Wildman–Crippen MR) is 93.6 cm³/mol. The number of H-pyrrole nitrogens is 1. The number of amides is 1. The van der Waals surface area contributed by atoms with E-state index < -0.39 is 0 Å². The van der Waals surface area contributed by atoms with Crippen LogP contribution in [0, 0.1) is 6.92 Å². The van der Waals surface area contributed by atoms with Crippen molar-refractivity contribution in [3.63, 3.8) is 0 Å². The standard InChI is InChI=1S/C17H21ClN4O2/c1-11-16(18)15(20-19-11)10-21-7-8-22(17(23)12(21)2)13-5-4-6-14(9-13)24-3/h4-6,9,12H,7-8,10H2,1-3H3,(H,19,20). The minimum absolute atomic E-state index is 0.0675. The molecule has 1 aliphatic heterocycles. The molecule has 7 heteroatoms. The number of piperazine rings is 1. The Labute approximate surface area is 146 Å². The van der Waals surface area contributed by atoms with Gasteiger partial charge in [-0.1, -0.05) is 17.7 Å². The van der Waals surface area contributed by atoms with Gasteiger partial charge in [0.25, 0.3) is 0 Å². The fraction of sp³-hybridized carbons (Fsp3) is 0.412. The van der Waals surface area contributed by atoms with Crippen LogP contribution >= 0.6 is 11.6 Å². The number of hydrogen-bond donors (Lipinski definition) is 1. The maximum absolute atomic E-state index is 12.8. The zero-order valence-electron chi connectivity index (χ0n) is 14.0. The van der Waals surface area contributed by atoms with Gasteiger partial charge in [0.05, 0.1) is 29.6 Å². The van der Waals surface area contributed by atoms with Gasteiger partial charge in [0.2, 0.25) is 5.91 Å². The number of nitrogens with one attached hydrogen (secondary N) is 1. The number of aromatic nitrogens is 2. The third kappa shape index (κ3) is 3.12.